The summed E-state index contributed by atoms with van der Waals surface area (Å²) in [5.41, 5.74) is 0. The van der Waals surface area contributed by atoms with Crippen molar-refractivity contribution in [2.24, 2.45) is 0 Å². The zero-order valence-electron chi connectivity index (χ0n) is 3.53. The first-order valence-electron chi connectivity index (χ1n) is 1.79. The Hall–Kier alpha value is -0.900. The molecule has 4 nitrogen and oxygen atoms in total. The number of rotatable bonds is 1. The molecule has 0 aliphatic carbocycles. The standard InChI is InChI=1S/C3H4N2O2/c6-1-3-5-4-2-7-3/h2,6H,1H2. The molecule has 0 amide bonds. The summed E-state index contributed by atoms with van der Waals surface area (Å²) in [6.07, 6.45) is 1.17. The predicted molar refractivity (Wildman–Crippen MR) is 20.2 cm³/mol. The number of aliphatic hydroxyl groups is 1. The monoisotopic (exact) mass is 100 g/mol. The molecule has 1 aromatic rings. The molecule has 1 rings (SSSR count). The molecule has 0 aromatic carbocycles. The largest absolute Gasteiger partial charge is 0.425 e. The molecule has 0 aliphatic heterocycles. The van der Waals surface area contributed by atoms with Crippen LogP contribution >= 0.6 is 0 Å². The maximum absolute atomic E-state index is 8.23. The third kappa shape index (κ3) is 0.747. The van der Waals surface area contributed by atoms with Gasteiger partial charge in [-0.05, 0) is 0 Å². The van der Waals surface area contributed by atoms with Crippen molar-refractivity contribution in [3.8, 4) is 0 Å². The van der Waals surface area contributed by atoms with E-state index in [9.17, 15) is 0 Å². The van der Waals surface area contributed by atoms with E-state index in [4.69, 9.17) is 5.11 Å². The molecule has 0 bridgehead atoms. The highest BCUT2D eigenvalue weighted by Crippen LogP contribution is 1.86. The predicted octanol–water partition coefficient (Wildman–Crippen LogP) is -0.438. The summed E-state index contributed by atoms with van der Waals surface area (Å²) in [5.74, 6) is 0.250. The Balaban J connectivity index is 2.76. The van der Waals surface area contributed by atoms with Gasteiger partial charge in [0.1, 0.15) is 6.61 Å². The second-order valence-electron chi connectivity index (χ2n) is 0.991. The van der Waals surface area contributed by atoms with Crippen molar-refractivity contribution < 1.29 is 9.52 Å². The molecule has 7 heavy (non-hydrogen) atoms. The van der Waals surface area contributed by atoms with Crippen molar-refractivity contribution in [2.75, 3.05) is 0 Å². The van der Waals surface area contributed by atoms with E-state index < -0.39 is 0 Å². The summed E-state index contributed by atoms with van der Waals surface area (Å²) in [6.45, 7) is -0.181. The first kappa shape index (κ1) is 4.26. The molecule has 4 heteroatoms. The molecule has 0 spiro atoms. The topological polar surface area (TPSA) is 59.2 Å². The highest BCUT2D eigenvalue weighted by Gasteiger charge is 1.89. The van der Waals surface area contributed by atoms with Gasteiger partial charge in [0, 0.05) is 0 Å². The molecule has 38 valence electrons. The maximum Gasteiger partial charge on any atom is 0.241 e. The van der Waals surface area contributed by atoms with Gasteiger partial charge in [0.15, 0.2) is 0 Å². The summed E-state index contributed by atoms with van der Waals surface area (Å²) in [4.78, 5) is 0. The van der Waals surface area contributed by atoms with Crippen LogP contribution < -0.4 is 0 Å². The smallest absolute Gasteiger partial charge is 0.241 e. The normalized spacial score (nSPS) is 9.29. The average Bonchev–Trinajstić information content (AvgIpc) is 2.14. The molecule has 1 N–H and O–H groups in total. The van der Waals surface area contributed by atoms with Crippen molar-refractivity contribution in [2.45, 2.75) is 6.61 Å². The fraction of sp³-hybridized carbons (Fsp3) is 0.333. The summed E-state index contributed by atoms with van der Waals surface area (Å²) < 4.78 is 4.51. The molecule has 0 unspecified atom stereocenters. The van der Waals surface area contributed by atoms with Crippen LogP contribution in [0.2, 0.25) is 0 Å². The van der Waals surface area contributed by atoms with Gasteiger partial charge in [-0.1, -0.05) is 0 Å². The second kappa shape index (κ2) is 1.70. The van der Waals surface area contributed by atoms with Crippen LogP contribution in [0, 0.1) is 0 Å². The molecule has 0 aliphatic rings. The zero-order valence-corrected chi connectivity index (χ0v) is 3.53. The van der Waals surface area contributed by atoms with Crippen LogP contribution in [0.3, 0.4) is 0 Å². The average molecular weight is 100 g/mol. The first-order valence-corrected chi connectivity index (χ1v) is 1.79. The van der Waals surface area contributed by atoms with Gasteiger partial charge in [-0.25, -0.2) is 0 Å². The lowest BCUT2D eigenvalue weighted by Crippen LogP contribution is -1.79. The van der Waals surface area contributed by atoms with Gasteiger partial charge in [0.05, 0.1) is 0 Å². The van der Waals surface area contributed by atoms with E-state index in [0.29, 0.717) is 0 Å². The minimum absolute atomic E-state index is 0.181. The Morgan fingerprint density at radius 3 is 3.00 bits per heavy atom. The summed E-state index contributed by atoms with van der Waals surface area (Å²) in [6, 6.07) is 0. The molecular formula is C3H4N2O2. The minimum Gasteiger partial charge on any atom is -0.425 e. The number of aliphatic hydroxyl groups excluding tert-OH is 1. The summed E-state index contributed by atoms with van der Waals surface area (Å²) in [5, 5.41) is 14.9. The SMILES string of the molecule is OCc1nnco1. The fourth-order valence-corrected chi connectivity index (χ4v) is 0.265. The van der Waals surface area contributed by atoms with Crippen LogP contribution in [-0.2, 0) is 6.61 Å². The molecule has 0 atom stereocenters. The number of hydrogen-bond acceptors (Lipinski definition) is 4. The van der Waals surface area contributed by atoms with E-state index in [1.807, 2.05) is 0 Å². The van der Waals surface area contributed by atoms with Crippen molar-refractivity contribution in [1.29, 1.82) is 0 Å². The molecule has 0 radical (unpaired) electrons. The zero-order chi connectivity index (χ0) is 5.11. The Morgan fingerprint density at radius 2 is 2.71 bits per heavy atom. The third-order valence-electron chi connectivity index (χ3n) is 0.540. The molecule has 0 saturated heterocycles. The Kier molecular flexibility index (Phi) is 1.04. The van der Waals surface area contributed by atoms with Crippen LogP contribution in [0.5, 0.6) is 0 Å². The molecule has 1 heterocycles. The Bertz CT molecular complexity index is 125. The van der Waals surface area contributed by atoms with Gasteiger partial charge in [0.25, 0.3) is 0 Å². The van der Waals surface area contributed by atoms with Gasteiger partial charge < -0.3 is 9.52 Å². The van der Waals surface area contributed by atoms with E-state index in [2.05, 4.69) is 14.6 Å². The molecular weight excluding hydrogens is 96.0 g/mol. The van der Waals surface area contributed by atoms with Gasteiger partial charge in [-0.2, -0.15) is 0 Å². The highest BCUT2D eigenvalue weighted by molar-refractivity contribution is 4.64. The van der Waals surface area contributed by atoms with Crippen molar-refractivity contribution in [3.05, 3.63) is 12.3 Å². The lowest BCUT2D eigenvalue weighted by atomic mass is 10.7. The third-order valence-corrected chi connectivity index (χ3v) is 0.540. The number of hydrogen-bond donors (Lipinski definition) is 1. The minimum atomic E-state index is -0.181. The van der Waals surface area contributed by atoms with Gasteiger partial charge >= 0.3 is 0 Å². The molecule has 0 fully saturated rings. The maximum atomic E-state index is 8.23. The van der Waals surface area contributed by atoms with Crippen molar-refractivity contribution >= 4 is 0 Å². The summed E-state index contributed by atoms with van der Waals surface area (Å²) in [7, 11) is 0. The van der Waals surface area contributed by atoms with E-state index >= 15 is 0 Å². The Morgan fingerprint density at radius 1 is 1.86 bits per heavy atom. The Labute approximate surface area is 39.8 Å². The summed E-state index contributed by atoms with van der Waals surface area (Å²) >= 11 is 0. The van der Waals surface area contributed by atoms with Gasteiger partial charge in [-0.15, -0.1) is 10.2 Å². The number of nitrogens with zero attached hydrogens (tertiary/aromatic N) is 2. The molecule has 0 saturated carbocycles. The lowest BCUT2D eigenvalue weighted by molar-refractivity contribution is 0.240. The molecule has 1 aromatic heterocycles. The van der Waals surface area contributed by atoms with E-state index in [1.54, 1.807) is 0 Å². The van der Waals surface area contributed by atoms with E-state index in [-0.39, 0.29) is 12.5 Å². The van der Waals surface area contributed by atoms with Gasteiger partial charge in [-0.3, -0.25) is 0 Å². The van der Waals surface area contributed by atoms with Crippen LogP contribution in [0.15, 0.2) is 10.8 Å². The lowest BCUT2D eigenvalue weighted by Gasteiger charge is -1.75. The van der Waals surface area contributed by atoms with E-state index in [0.717, 1.165) is 0 Å². The van der Waals surface area contributed by atoms with Crippen LogP contribution in [0.4, 0.5) is 0 Å². The van der Waals surface area contributed by atoms with Crippen LogP contribution in [0.25, 0.3) is 0 Å². The van der Waals surface area contributed by atoms with Crippen LogP contribution in [0.1, 0.15) is 5.89 Å². The van der Waals surface area contributed by atoms with E-state index in [1.165, 1.54) is 6.39 Å². The quantitative estimate of drug-likeness (QED) is 0.519. The van der Waals surface area contributed by atoms with Gasteiger partial charge in [0.2, 0.25) is 12.3 Å². The van der Waals surface area contributed by atoms with Crippen LogP contribution in [-0.4, -0.2) is 15.3 Å². The first-order chi connectivity index (χ1) is 3.43. The highest BCUT2D eigenvalue weighted by atomic mass is 16.4. The second-order valence-corrected chi connectivity index (χ2v) is 0.991. The van der Waals surface area contributed by atoms with Crippen molar-refractivity contribution in [3.63, 3.8) is 0 Å². The fourth-order valence-electron chi connectivity index (χ4n) is 0.265. The number of aromatic nitrogens is 2. The van der Waals surface area contributed by atoms with Crippen molar-refractivity contribution in [1.82, 2.24) is 10.2 Å².